The number of allylic oxidation sites excluding steroid dienone is 5. The Morgan fingerprint density at radius 2 is 1.62 bits per heavy atom. The van der Waals surface area contributed by atoms with Gasteiger partial charge in [0, 0.05) is 12.0 Å². The Morgan fingerprint density at radius 1 is 1.00 bits per heavy atom. The van der Waals surface area contributed by atoms with Gasteiger partial charge < -0.3 is 15.0 Å². The van der Waals surface area contributed by atoms with Crippen LogP contribution in [0.2, 0.25) is 0 Å². The predicted octanol–water partition coefficient (Wildman–Crippen LogP) is 3.70. The van der Waals surface area contributed by atoms with E-state index in [2.05, 4.69) is 6.08 Å². The van der Waals surface area contributed by atoms with Crippen LogP contribution in [0.1, 0.15) is 32.1 Å². The first-order chi connectivity index (χ1) is 10.1. The lowest BCUT2D eigenvalue weighted by molar-refractivity contribution is -0.111. The molecule has 2 atom stereocenters. The Hall–Kier alpha value is -1.51. The second-order valence-corrected chi connectivity index (χ2v) is 7.37. The molecule has 0 saturated heterocycles. The van der Waals surface area contributed by atoms with Gasteiger partial charge in [-0.2, -0.15) is 0 Å². The van der Waals surface area contributed by atoms with Crippen molar-refractivity contribution in [1.29, 1.82) is 0 Å². The summed E-state index contributed by atoms with van der Waals surface area (Å²) in [5, 5.41) is 19.6. The lowest BCUT2D eigenvalue weighted by Crippen LogP contribution is -2.40. The molecule has 4 saturated carbocycles. The van der Waals surface area contributed by atoms with Crippen molar-refractivity contribution < 1.29 is 15.0 Å². The molecule has 21 heavy (non-hydrogen) atoms. The van der Waals surface area contributed by atoms with Crippen molar-refractivity contribution in [2.45, 2.75) is 32.1 Å². The molecule has 0 aromatic carbocycles. The number of hydrogen-bond acceptors (Lipinski definition) is 3. The van der Waals surface area contributed by atoms with Crippen molar-refractivity contribution in [3.05, 3.63) is 35.3 Å². The highest BCUT2D eigenvalue weighted by atomic mass is 16.3. The van der Waals surface area contributed by atoms with E-state index in [9.17, 15) is 15.0 Å². The summed E-state index contributed by atoms with van der Waals surface area (Å²) in [7, 11) is 0. The Bertz CT molecular complexity index is 525. The number of aliphatic hydroxyl groups is 2. The monoisotopic (exact) mass is 286 g/mol. The Labute approximate surface area is 125 Å². The summed E-state index contributed by atoms with van der Waals surface area (Å²) in [6, 6.07) is 0. The molecule has 0 aromatic rings. The maximum Gasteiger partial charge on any atom is 0.131 e. The predicted molar refractivity (Wildman–Crippen MR) is 79.6 cm³/mol. The zero-order valence-electron chi connectivity index (χ0n) is 12.1. The van der Waals surface area contributed by atoms with Crippen molar-refractivity contribution in [3.63, 3.8) is 0 Å². The number of carbonyl (C=O) groups is 1. The summed E-state index contributed by atoms with van der Waals surface area (Å²) in [4.78, 5) is 11.3. The molecule has 0 heterocycles. The lowest BCUT2D eigenvalue weighted by Gasteiger charge is -2.51. The van der Waals surface area contributed by atoms with Crippen molar-refractivity contribution in [1.82, 2.24) is 0 Å². The fraction of sp³-hybridized carbons (Fsp3) is 0.611. The van der Waals surface area contributed by atoms with E-state index >= 15 is 0 Å². The number of aliphatic hydroxyl groups excluding tert-OH is 2. The molecular formula is C18H22O3. The van der Waals surface area contributed by atoms with Crippen LogP contribution in [0, 0.1) is 35.5 Å². The van der Waals surface area contributed by atoms with Crippen molar-refractivity contribution in [2.75, 3.05) is 0 Å². The van der Waals surface area contributed by atoms with Gasteiger partial charge in [-0.05, 0) is 61.9 Å². The van der Waals surface area contributed by atoms with E-state index in [4.69, 9.17) is 0 Å². The minimum absolute atomic E-state index is 0.0179. The standard InChI is InChI=1S/C18H22O3/c19-9-17-14(6-15(20)8-18(17)21)7-16-12-2-10-1-11(4-12)5-13(16)3-10/h6-14,17,20-21H,1-5H2. The van der Waals surface area contributed by atoms with Crippen LogP contribution < -0.4 is 0 Å². The summed E-state index contributed by atoms with van der Waals surface area (Å²) in [5.41, 5.74) is 1.50. The van der Waals surface area contributed by atoms with Crippen LogP contribution in [0.4, 0.5) is 0 Å². The van der Waals surface area contributed by atoms with Crippen LogP contribution in [0.3, 0.4) is 0 Å². The van der Waals surface area contributed by atoms with E-state index in [1.54, 1.807) is 6.08 Å². The molecule has 0 spiro atoms. The average molecular weight is 286 g/mol. The van der Waals surface area contributed by atoms with Gasteiger partial charge in [-0.25, -0.2) is 0 Å². The Balaban J connectivity index is 1.65. The van der Waals surface area contributed by atoms with Gasteiger partial charge in [0.2, 0.25) is 0 Å². The molecule has 2 unspecified atom stereocenters. The van der Waals surface area contributed by atoms with Crippen molar-refractivity contribution in [3.8, 4) is 0 Å². The fourth-order valence-electron chi connectivity index (χ4n) is 5.33. The third-order valence-corrected chi connectivity index (χ3v) is 6.03. The van der Waals surface area contributed by atoms with Crippen molar-refractivity contribution in [2.24, 2.45) is 35.5 Å². The van der Waals surface area contributed by atoms with E-state index in [1.165, 1.54) is 43.8 Å². The topological polar surface area (TPSA) is 57.5 Å². The van der Waals surface area contributed by atoms with Crippen LogP contribution in [0.5, 0.6) is 0 Å². The molecular weight excluding hydrogens is 264 g/mol. The number of hydrogen-bond donors (Lipinski definition) is 2. The molecule has 2 N–H and O–H groups in total. The molecule has 5 aliphatic rings. The smallest absolute Gasteiger partial charge is 0.131 e. The van der Waals surface area contributed by atoms with Crippen LogP contribution in [-0.4, -0.2) is 16.5 Å². The molecule has 3 nitrogen and oxygen atoms in total. The number of carbonyl (C=O) groups excluding carboxylic acids is 1. The molecule has 3 heteroatoms. The zero-order valence-corrected chi connectivity index (χ0v) is 12.1. The van der Waals surface area contributed by atoms with Gasteiger partial charge in [0.25, 0.3) is 0 Å². The van der Waals surface area contributed by atoms with Gasteiger partial charge in [0.15, 0.2) is 0 Å². The second kappa shape index (κ2) is 4.75. The second-order valence-electron chi connectivity index (χ2n) is 7.37. The highest BCUT2D eigenvalue weighted by Gasteiger charge is 2.45. The summed E-state index contributed by atoms with van der Waals surface area (Å²) in [6.45, 7) is 0. The lowest BCUT2D eigenvalue weighted by atomic mass is 9.54. The molecule has 5 aliphatic carbocycles. The van der Waals surface area contributed by atoms with Crippen LogP contribution >= 0.6 is 0 Å². The van der Waals surface area contributed by atoms with Gasteiger partial charge in [0.05, 0.1) is 5.92 Å². The normalized spacial score (nSPS) is 44.3. The van der Waals surface area contributed by atoms with Gasteiger partial charge in [-0.15, -0.1) is 0 Å². The van der Waals surface area contributed by atoms with Crippen LogP contribution in [0.15, 0.2) is 35.3 Å². The molecule has 0 amide bonds. The summed E-state index contributed by atoms with van der Waals surface area (Å²) in [6.07, 6.45) is 12.6. The summed E-state index contributed by atoms with van der Waals surface area (Å²) in [5.74, 6) is 2.50. The van der Waals surface area contributed by atoms with Gasteiger partial charge in [0.1, 0.15) is 17.8 Å². The third-order valence-electron chi connectivity index (χ3n) is 6.03. The summed E-state index contributed by atoms with van der Waals surface area (Å²) < 4.78 is 0. The molecule has 112 valence electrons. The van der Waals surface area contributed by atoms with E-state index in [-0.39, 0.29) is 17.4 Å². The van der Waals surface area contributed by atoms with E-state index < -0.39 is 5.92 Å². The largest absolute Gasteiger partial charge is 0.511 e. The first kappa shape index (κ1) is 13.2. The quantitative estimate of drug-likeness (QED) is 0.601. The minimum Gasteiger partial charge on any atom is -0.511 e. The van der Waals surface area contributed by atoms with Gasteiger partial charge in [-0.1, -0.05) is 11.6 Å². The van der Waals surface area contributed by atoms with Crippen LogP contribution in [0.25, 0.3) is 0 Å². The minimum atomic E-state index is -0.536. The number of rotatable bonds is 2. The highest BCUT2D eigenvalue weighted by molar-refractivity contribution is 5.61. The molecule has 0 aromatic heterocycles. The maximum absolute atomic E-state index is 11.3. The Kier molecular flexibility index (Phi) is 2.98. The van der Waals surface area contributed by atoms with Gasteiger partial charge in [-0.3, -0.25) is 0 Å². The molecule has 0 radical (unpaired) electrons. The SMILES string of the molecule is O=CC1C(O)=CC(O)=CC1C=C1C2CC3CC(C2)CC1C3. The van der Waals surface area contributed by atoms with E-state index in [1.807, 2.05) is 0 Å². The zero-order chi connectivity index (χ0) is 14.6. The number of aldehydes is 1. The molecule has 0 aliphatic heterocycles. The first-order valence-corrected chi connectivity index (χ1v) is 8.12. The Morgan fingerprint density at radius 3 is 2.19 bits per heavy atom. The molecule has 4 bridgehead atoms. The average Bonchev–Trinajstić information content (AvgIpc) is 2.41. The maximum atomic E-state index is 11.3. The molecule has 4 fully saturated rings. The first-order valence-electron chi connectivity index (χ1n) is 8.12. The molecule has 5 rings (SSSR count). The van der Waals surface area contributed by atoms with E-state index in [0.717, 1.165) is 18.1 Å². The third kappa shape index (κ3) is 2.14. The highest BCUT2D eigenvalue weighted by Crippen LogP contribution is 2.56. The summed E-state index contributed by atoms with van der Waals surface area (Å²) >= 11 is 0. The van der Waals surface area contributed by atoms with Crippen LogP contribution in [-0.2, 0) is 4.79 Å². The van der Waals surface area contributed by atoms with Gasteiger partial charge >= 0.3 is 0 Å². The van der Waals surface area contributed by atoms with E-state index in [0.29, 0.717) is 11.8 Å². The van der Waals surface area contributed by atoms with Crippen molar-refractivity contribution >= 4 is 6.29 Å². The fourth-order valence-corrected chi connectivity index (χ4v) is 5.33.